The Kier molecular flexibility index (Phi) is 5.80. The van der Waals surface area contributed by atoms with Gasteiger partial charge in [-0.2, -0.15) is 0 Å². The number of hydrogen-bond donors (Lipinski definition) is 3. The van der Waals surface area contributed by atoms with Crippen molar-refractivity contribution >= 4 is 11.7 Å². The molecule has 0 unspecified atom stereocenters. The second-order valence-electron chi connectivity index (χ2n) is 5.36. The first-order valence-corrected chi connectivity index (χ1v) is 7.38. The Morgan fingerprint density at radius 3 is 2.85 bits per heavy atom. The van der Waals surface area contributed by atoms with E-state index in [4.69, 9.17) is 0 Å². The summed E-state index contributed by atoms with van der Waals surface area (Å²) in [4.78, 5) is 16.0. The molecule has 1 fully saturated rings. The average molecular weight is 277 g/mol. The minimum atomic E-state index is -0.220. The Labute approximate surface area is 119 Å². The average Bonchev–Trinajstić information content (AvgIpc) is 2.49. The molecule has 110 valence electrons. The molecule has 20 heavy (non-hydrogen) atoms. The number of rotatable bonds is 5. The van der Waals surface area contributed by atoms with Gasteiger partial charge in [-0.1, -0.05) is 19.3 Å². The van der Waals surface area contributed by atoms with Crippen molar-refractivity contribution in [1.82, 2.24) is 10.3 Å². The number of pyridine rings is 1. The maximum Gasteiger partial charge on any atom is 0.319 e. The Morgan fingerprint density at radius 2 is 2.20 bits per heavy atom. The number of carbonyl (C=O) groups is 1. The predicted molar refractivity (Wildman–Crippen MR) is 78.5 cm³/mol. The summed E-state index contributed by atoms with van der Waals surface area (Å²) in [5.41, 5.74) is 0.677. The topological polar surface area (TPSA) is 74.2 Å². The van der Waals surface area contributed by atoms with Gasteiger partial charge in [-0.15, -0.1) is 0 Å². The summed E-state index contributed by atoms with van der Waals surface area (Å²) in [6, 6.07) is 3.41. The predicted octanol–water partition coefficient (Wildman–Crippen LogP) is 2.53. The van der Waals surface area contributed by atoms with Crippen LogP contribution in [0.2, 0.25) is 0 Å². The first-order valence-electron chi connectivity index (χ1n) is 7.38. The molecule has 1 aliphatic carbocycles. The number of urea groups is 1. The third-order valence-electron chi connectivity index (χ3n) is 3.89. The lowest BCUT2D eigenvalue weighted by molar-refractivity contribution is 0.202. The highest BCUT2D eigenvalue weighted by atomic mass is 16.3. The molecular weight excluding hydrogens is 254 g/mol. The third-order valence-corrected chi connectivity index (χ3v) is 3.89. The molecule has 3 N–H and O–H groups in total. The van der Waals surface area contributed by atoms with E-state index in [1.807, 2.05) is 0 Å². The highest BCUT2D eigenvalue weighted by molar-refractivity contribution is 5.89. The van der Waals surface area contributed by atoms with Gasteiger partial charge in [0.2, 0.25) is 0 Å². The molecule has 0 radical (unpaired) electrons. The molecule has 1 aromatic rings. The van der Waals surface area contributed by atoms with E-state index in [9.17, 15) is 9.90 Å². The van der Waals surface area contributed by atoms with Crippen LogP contribution in [0.4, 0.5) is 10.5 Å². The van der Waals surface area contributed by atoms with Gasteiger partial charge >= 0.3 is 6.03 Å². The SMILES string of the molecule is O=C(Nc1cccnc1)N[C@H](CCO)C1CCCCC1. The summed E-state index contributed by atoms with van der Waals surface area (Å²) < 4.78 is 0. The number of carbonyl (C=O) groups excluding carboxylic acids is 1. The second kappa shape index (κ2) is 7.85. The molecule has 0 bridgehead atoms. The monoisotopic (exact) mass is 277 g/mol. The van der Waals surface area contributed by atoms with Gasteiger partial charge in [0.15, 0.2) is 0 Å². The lowest BCUT2D eigenvalue weighted by Crippen LogP contribution is -2.43. The van der Waals surface area contributed by atoms with Crippen molar-refractivity contribution in [3.8, 4) is 0 Å². The fourth-order valence-electron chi connectivity index (χ4n) is 2.87. The number of nitrogens with zero attached hydrogens (tertiary/aromatic N) is 1. The van der Waals surface area contributed by atoms with Crippen LogP contribution in [0.1, 0.15) is 38.5 Å². The number of aromatic nitrogens is 1. The number of nitrogens with one attached hydrogen (secondary N) is 2. The largest absolute Gasteiger partial charge is 0.396 e. The van der Waals surface area contributed by atoms with Crippen LogP contribution >= 0.6 is 0 Å². The van der Waals surface area contributed by atoms with Crippen molar-refractivity contribution in [1.29, 1.82) is 0 Å². The molecule has 0 aromatic carbocycles. The number of anilines is 1. The van der Waals surface area contributed by atoms with Crippen LogP contribution in [-0.2, 0) is 0 Å². The molecular formula is C15H23N3O2. The number of aliphatic hydroxyl groups excluding tert-OH is 1. The fraction of sp³-hybridized carbons (Fsp3) is 0.600. The second-order valence-corrected chi connectivity index (χ2v) is 5.36. The molecule has 1 atom stereocenters. The van der Waals surface area contributed by atoms with Crippen LogP contribution in [-0.4, -0.2) is 28.8 Å². The van der Waals surface area contributed by atoms with Gasteiger partial charge in [0, 0.05) is 18.8 Å². The number of amides is 2. The van der Waals surface area contributed by atoms with E-state index in [-0.39, 0.29) is 18.7 Å². The van der Waals surface area contributed by atoms with Crippen molar-refractivity contribution in [2.24, 2.45) is 5.92 Å². The lowest BCUT2D eigenvalue weighted by atomic mass is 9.83. The van der Waals surface area contributed by atoms with Crippen LogP contribution < -0.4 is 10.6 Å². The molecule has 1 saturated carbocycles. The van der Waals surface area contributed by atoms with E-state index in [1.165, 1.54) is 19.3 Å². The van der Waals surface area contributed by atoms with Crippen molar-refractivity contribution in [2.75, 3.05) is 11.9 Å². The molecule has 0 spiro atoms. The summed E-state index contributed by atoms with van der Waals surface area (Å²) in [6.07, 6.45) is 9.89. The first kappa shape index (κ1) is 14.8. The maximum atomic E-state index is 12.0. The quantitative estimate of drug-likeness (QED) is 0.774. The normalized spacial score (nSPS) is 17.4. The zero-order valence-corrected chi connectivity index (χ0v) is 11.7. The molecule has 1 aromatic heterocycles. The van der Waals surface area contributed by atoms with Gasteiger partial charge in [0.25, 0.3) is 0 Å². The molecule has 2 rings (SSSR count). The summed E-state index contributed by atoms with van der Waals surface area (Å²) in [5, 5.41) is 15.0. The van der Waals surface area contributed by atoms with Crippen LogP contribution in [0, 0.1) is 5.92 Å². The van der Waals surface area contributed by atoms with Gasteiger partial charge in [0.05, 0.1) is 11.9 Å². The minimum Gasteiger partial charge on any atom is -0.396 e. The van der Waals surface area contributed by atoms with E-state index >= 15 is 0 Å². The molecule has 2 amide bonds. The van der Waals surface area contributed by atoms with E-state index in [2.05, 4.69) is 15.6 Å². The van der Waals surface area contributed by atoms with Gasteiger partial charge in [-0.05, 0) is 37.3 Å². The Balaban J connectivity index is 1.88. The van der Waals surface area contributed by atoms with Crippen LogP contribution in [0.25, 0.3) is 0 Å². The Hall–Kier alpha value is -1.62. The van der Waals surface area contributed by atoms with Gasteiger partial charge < -0.3 is 15.7 Å². The van der Waals surface area contributed by atoms with Gasteiger partial charge in [-0.25, -0.2) is 4.79 Å². The Morgan fingerprint density at radius 1 is 1.40 bits per heavy atom. The zero-order chi connectivity index (χ0) is 14.2. The van der Waals surface area contributed by atoms with Gasteiger partial charge in [0.1, 0.15) is 0 Å². The summed E-state index contributed by atoms with van der Waals surface area (Å²) >= 11 is 0. The van der Waals surface area contributed by atoms with Crippen molar-refractivity contribution in [3.05, 3.63) is 24.5 Å². The van der Waals surface area contributed by atoms with Crippen LogP contribution in [0.3, 0.4) is 0 Å². The fourth-order valence-corrected chi connectivity index (χ4v) is 2.87. The molecule has 0 aliphatic heterocycles. The maximum absolute atomic E-state index is 12.0. The third kappa shape index (κ3) is 4.49. The van der Waals surface area contributed by atoms with Crippen molar-refractivity contribution in [3.63, 3.8) is 0 Å². The lowest BCUT2D eigenvalue weighted by Gasteiger charge is -2.30. The summed E-state index contributed by atoms with van der Waals surface area (Å²) in [7, 11) is 0. The van der Waals surface area contributed by atoms with E-state index < -0.39 is 0 Å². The molecule has 1 heterocycles. The van der Waals surface area contributed by atoms with Crippen LogP contribution in [0.15, 0.2) is 24.5 Å². The number of hydrogen-bond acceptors (Lipinski definition) is 3. The zero-order valence-electron chi connectivity index (χ0n) is 11.7. The summed E-state index contributed by atoms with van der Waals surface area (Å²) in [6.45, 7) is 0.105. The molecule has 0 saturated heterocycles. The first-order chi connectivity index (χ1) is 9.79. The van der Waals surface area contributed by atoms with E-state index in [0.717, 1.165) is 12.8 Å². The number of aliphatic hydroxyl groups is 1. The molecule has 5 nitrogen and oxygen atoms in total. The van der Waals surface area contributed by atoms with Crippen molar-refractivity contribution in [2.45, 2.75) is 44.6 Å². The highest BCUT2D eigenvalue weighted by Gasteiger charge is 2.24. The van der Waals surface area contributed by atoms with E-state index in [0.29, 0.717) is 18.0 Å². The smallest absolute Gasteiger partial charge is 0.319 e. The summed E-state index contributed by atoms with van der Waals surface area (Å²) in [5.74, 6) is 0.482. The standard InChI is InChI=1S/C15H23N3O2/c19-10-8-14(12-5-2-1-3-6-12)18-15(20)17-13-7-4-9-16-11-13/h4,7,9,11-12,14,19H,1-3,5-6,8,10H2,(H2,17,18,20)/t14-/m1/s1. The Bertz CT molecular complexity index is 405. The van der Waals surface area contributed by atoms with Gasteiger partial charge in [-0.3, -0.25) is 4.98 Å². The minimum absolute atomic E-state index is 0.0528. The highest BCUT2D eigenvalue weighted by Crippen LogP contribution is 2.27. The molecule has 5 heteroatoms. The van der Waals surface area contributed by atoms with Crippen LogP contribution in [0.5, 0.6) is 0 Å². The van der Waals surface area contributed by atoms with E-state index in [1.54, 1.807) is 24.5 Å². The molecule has 1 aliphatic rings. The van der Waals surface area contributed by atoms with Crippen molar-refractivity contribution < 1.29 is 9.90 Å².